The number of hydrogen-bond acceptors (Lipinski definition) is 3. The Balaban J connectivity index is 2.00. The van der Waals surface area contributed by atoms with E-state index >= 15 is 0 Å². The molecule has 5 nitrogen and oxygen atoms in total. The van der Waals surface area contributed by atoms with Crippen LogP contribution >= 0.6 is 15.9 Å². The first-order valence-electron chi connectivity index (χ1n) is 8.08. The molecule has 2 N–H and O–H groups in total. The van der Waals surface area contributed by atoms with Gasteiger partial charge in [-0.2, -0.15) is 8.78 Å². The van der Waals surface area contributed by atoms with E-state index in [0.29, 0.717) is 15.8 Å². The van der Waals surface area contributed by atoms with Crippen molar-refractivity contribution in [2.24, 2.45) is 0 Å². The van der Waals surface area contributed by atoms with Gasteiger partial charge in [0, 0.05) is 15.6 Å². The van der Waals surface area contributed by atoms with Crippen LogP contribution in [0.15, 0.2) is 46.9 Å². The lowest BCUT2D eigenvalue weighted by molar-refractivity contribution is -0.157. The van der Waals surface area contributed by atoms with Crippen LogP contribution in [0.5, 0.6) is 5.75 Å². The van der Waals surface area contributed by atoms with Crippen LogP contribution in [0.25, 0.3) is 0 Å². The summed E-state index contributed by atoms with van der Waals surface area (Å²) in [6, 6.07) is 9.91. The van der Waals surface area contributed by atoms with Gasteiger partial charge in [0.25, 0.3) is 5.91 Å². The lowest BCUT2D eigenvalue weighted by Gasteiger charge is -2.29. The summed E-state index contributed by atoms with van der Waals surface area (Å²) in [5.41, 5.74) is -1.61. The molecule has 0 bridgehead atoms. The molecule has 0 spiro atoms. The number of carboxylic acids is 1. The van der Waals surface area contributed by atoms with Gasteiger partial charge in [0.15, 0.2) is 5.54 Å². The molecule has 1 atom stereocenters. The summed E-state index contributed by atoms with van der Waals surface area (Å²) >= 11 is 3.09. The average molecular weight is 440 g/mol. The Morgan fingerprint density at radius 3 is 2.59 bits per heavy atom. The molecule has 0 radical (unpaired) electrons. The highest BCUT2D eigenvalue weighted by Gasteiger charge is 2.52. The highest BCUT2D eigenvalue weighted by atomic mass is 79.9. The highest BCUT2D eigenvalue weighted by molar-refractivity contribution is 9.10. The molecule has 27 heavy (non-hydrogen) atoms. The number of methoxy groups -OCH3 is 1. The van der Waals surface area contributed by atoms with Crippen molar-refractivity contribution in [3.05, 3.63) is 63.6 Å². The molecule has 1 amide bonds. The standard InChI is InChI=1S/C19H16BrF2NO4/c1-27-15-7-3-6-14-13(15)8-9-18(14,17(25)26)23-16(24)19(21,22)11-4-2-5-12(20)10-11/h2-7,10H,8-9H2,1H3,(H,23,24)(H,25,26). The van der Waals surface area contributed by atoms with Crippen LogP contribution in [0, 0.1) is 0 Å². The zero-order chi connectivity index (χ0) is 19.8. The fourth-order valence-corrected chi connectivity index (χ4v) is 3.75. The number of hydrogen-bond donors (Lipinski definition) is 2. The van der Waals surface area contributed by atoms with Crippen molar-refractivity contribution in [1.82, 2.24) is 5.32 Å². The maximum Gasteiger partial charge on any atom is 0.349 e. The number of alkyl halides is 2. The Morgan fingerprint density at radius 1 is 1.26 bits per heavy atom. The summed E-state index contributed by atoms with van der Waals surface area (Å²) in [4.78, 5) is 24.5. The number of benzene rings is 2. The van der Waals surface area contributed by atoms with Gasteiger partial charge in [-0.1, -0.05) is 40.2 Å². The first kappa shape index (κ1) is 19.3. The number of rotatable bonds is 5. The number of carbonyl (C=O) groups excluding carboxylic acids is 1. The van der Waals surface area contributed by atoms with Crippen LogP contribution in [0.4, 0.5) is 8.78 Å². The van der Waals surface area contributed by atoms with Gasteiger partial charge in [-0.15, -0.1) is 0 Å². The van der Waals surface area contributed by atoms with E-state index in [1.54, 1.807) is 18.2 Å². The Labute approximate surface area is 162 Å². The third kappa shape index (κ3) is 3.18. The maximum absolute atomic E-state index is 14.7. The lowest BCUT2D eigenvalue weighted by atomic mass is 9.91. The molecule has 1 aliphatic carbocycles. The normalized spacial score (nSPS) is 18.7. The smallest absolute Gasteiger partial charge is 0.349 e. The molecule has 0 saturated heterocycles. The number of nitrogens with one attached hydrogen (secondary N) is 1. The first-order valence-corrected chi connectivity index (χ1v) is 8.88. The van der Waals surface area contributed by atoms with Gasteiger partial charge in [0.1, 0.15) is 5.75 Å². The number of ether oxygens (including phenoxy) is 1. The van der Waals surface area contributed by atoms with Crippen molar-refractivity contribution < 1.29 is 28.2 Å². The van der Waals surface area contributed by atoms with E-state index in [0.717, 1.165) is 12.1 Å². The SMILES string of the molecule is COc1cccc2c1CCC2(NC(=O)C(F)(F)c1cccc(Br)c1)C(=O)O. The van der Waals surface area contributed by atoms with Gasteiger partial charge in [-0.05, 0) is 36.6 Å². The van der Waals surface area contributed by atoms with Crippen molar-refractivity contribution in [2.45, 2.75) is 24.3 Å². The third-order valence-electron chi connectivity index (χ3n) is 4.73. The fraction of sp³-hybridized carbons (Fsp3) is 0.263. The molecule has 8 heteroatoms. The van der Waals surface area contributed by atoms with E-state index < -0.39 is 28.9 Å². The first-order chi connectivity index (χ1) is 12.7. The van der Waals surface area contributed by atoms with Gasteiger partial charge in [0.2, 0.25) is 0 Å². The van der Waals surface area contributed by atoms with Gasteiger partial charge in [-0.25, -0.2) is 4.79 Å². The second kappa shape index (κ2) is 6.92. The summed E-state index contributed by atoms with van der Waals surface area (Å²) in [5, 5.41) is 11.9. The molecule has 0 fully saturated rings. The Hall–Kier alpha value is -2.48. The second-order valence-electron chi connectivity index (χ2n) is 6.24. The summed E-state index contributed by atoms with van der Waals surface area (Å²) in [7, 11) is 1.44. The van der Waals surface area contributed by atoms with Crippen LogP contribution in [0.1, 0.15) is 23.1 Å². The molecule has 3 rings (SSSR count). The molecule has 1 aliphatic rings. The minimum absolute atomic E-state index is 0.0433. The number of amides is 1. The van der Waals surface area contributed by atoms with Crippen LogP contribution in [0.3, 0.4) is 0 Å². The Morgan fingerprint density at radius 2 is 1.96 bits per heavy atom. The zero-order valence-corrected chi connectivity index (χ0v) is 15.8. The molecule has 1 unspecified atom stereocenters. The second-order valence-corrected chi connectivity index (χ2v) is 7.15. The predicted octanol–water partition coefficient (Wildman–Crippen LogP) is 3.59. The Bertz CT molecular complexity index is 918. The fourth-order valence-electron chi connectivity index (χ4n) is 3.35. The third-order valence-corrected chi connectivity index (χ3v) is 5.22. The Kier molecular flexibility index (Phi) is 4.94. The monoisotopic (exact) mass is 439 g/mol. The molecule has 0 heterocycles. The predicted molar refractivity (Wildman–Crippen MR) is 96.8 cm³/mol. The number of fused-ring (bicyclic) bond motifs is 1. The van der Waals surface area contributed by atoms with Crippen LogP contribution < -0.4 is 10.1 Å². The highest BCUT2D eigenvalue weighted by Crippen LogP contribution is 2.42. The van der Waals surface area contributed by atoms with Crippen molar-refractivity contribution in [3.63, 3.8) is 0 Å². The van der Waals surface area contributed by atoms with E-state index in [4.69, 9.17) is 4.74 Å². The molecule has 0 saturated carbocycles. The van der Waals surface area contributed by atoms with E-state index in [-0.39, 0.29) is 18.4 Å². The van der Waals surface area contributed by atoms with Gasteiger partial charge in [-0.3, -0.25) is 4.79 Å². The average Bonchev–Trinajstić information content (AvgIpc) is 3.01. The van der Waals surface area contributed by atoms with E-state index in [1.807, 2.05) is 0 Å². The van der Waals surface area contributed by atoms with E-state index in [2.05, 4.69) is 21.2 Å². The minimum atomic E-state index is -3.89. The van der Waals surface area contributed by atoms with Crippen molar-refractivity contribution in [1.29, 1.82) is 0 Å². The molecular formula is C19H16BrF2NO4. The minimum Gasteiger partial charge on any atom is -0.496 e. The summed E-state index contributed by atoms with van der Waals surface area (Å²) < 4.78 is 35.0. The number of aliphatic carboxylic acids is 1. The molecule has 2 aromatic rings. The lowest BCUT2D eigenvalue weighted by Crippen LogP contribution is -2.54. The van der Waals surface area contributed by atoms with Crippen molar-refractivity contribution in [2.75, 3.05) is 7.11 Å². The van der Waals surface area contributed by atoms with E-state index in [1.165, 1.54) is 19.2 Å². The van der Waals surface area contributed by atoms with Crippen LogP contribution in [-0.2, 0) is 27.5 Å². The van der Waals surface area contributed by atoms with Gasteiger partial charge < -0.3 is 15.2 Å². The van der Waals surface area contributed by atoms with Crippen LogP contribution in [0.2, 0.25) is 0 Å². The zero-order valence-electron chi connectivity index (χ0n) is 14.3. The molecule has 142 valence electrons. The summed E-state index contributed by atoms with van der Waals surface area (Å²) in [6.45, 7) is 0. The van der Waals surface area contributed by atoms with Crippen molar-refractivity contribution in [3.8, 4) is 5.75 Å². The summed E-state index contributed by atoms with van der Waals surface area (Å²) in [5.74, 6) is -6.50. The van der Waals surface area contributed by atoms with Crippen molar-refractivity contribution >= 4 is 27.8 Å². The molecule has 0 aliphatic heterocycles. The largest absolute Gasteiger partial charge is 0.496 e. The quantitative estimate of drug-likeness (QED) is 0.746. The van der Waals surface area contributed by atoms with Gasteiger partial charge in [0.05, 0.1) is 7.11 Å². The number of halogens is 3. The molecule has 2 aromatic carbocycles. The molecular weight excluding hydrogens is 424 g/mol. The molecule has 0 aromatic heterocycles. The van der Waals surface area contributed by atoms with E-state index in [9.17, 15) is 23.5 Å². The topological polar surface area (TPSA) is 75.6 Å². The summed E-state index contributed by atoms with van der Waals surface area (Å²) in [6.07, 6.45) is 0.243. The maximum atomic E-state index is 14.7. The number of carboxylic acid groups (broad SMARTS) is 1. The van der Waals surface area contributed by atoms with Gasteiger partial charge >= 0.3 is 11.9 Å². The number of carbonyl (C=O) groups is 2. The van der Waals surface area contributed by atoms with Crippen LogP contribution in [-0.4, -0.2) is 24.1 Å².